The molecule has 1 heterocycles. The monoisotopic (exact) mass is 453 g/mol. The Hall–Kier alpha value is -3.18. The van der Waals surface area contributed by atoms with Crippen LogP contribution in [0.4, 0.5) is 13.2 Å². The predicted octanol–water partition coefficient (Wildman–Crippen LogP) is 4.14. The zero-order valence-corrected chi connectivity index (χ0v) is 17.2. The summed E-state index contributed by atoms with van der Waals surface area (Å²) in [5.41, 5.74) is -0.470. The Balaban J connectivity index is 1.87. The maximum Gasteiger partial charge on any atom is 0.416 e. The molecule has 0 radical (unpaired) electrons. The largest absolute Gasteiger partial charge is 0.497 e. The fraction of sp³-hybridized carbons (Fsp3) is 0.200. The maximum atomic E-state index is 13.0. The van der Waals surface area contributed by atoms with Crippen molar-refractivity contribution in [3.8, 4) is 17.2 Å². The third kappa shape index (κ3) is 5.12. The molecule has 31 heavy (non-hydrogen) atoms. The van der Waals surface area contributed by atoms with Gasteiger partial charge in [-0.05, 0) is 42.5 Å². The number of nitrogens with zero attached hydrogens (tertiary/aromatic N) is 3. The van der Waals surface area contributed by atoms with Crippen molar-refractivity contribution in [2.75, 3.05) is 13.7 Å². The van der Waals surface area contributed by atoms with Crippen molar-refractivity contribution in [1.82, 2.24) is 14.5 Å². The van der Waals surface area contributed by atoms with Crippen LogP contribution in [0.2, 0.25) is 0 Å². The maximum absolute atomic E-state index is 13.0. The molecule has 0 atom stereocenters. The van der Waals surface area contributed by atoms with Crippen LogP contribution in [-0.4, -0.2) is 36.6 Å². The average molecular weight is 453 g/mol. The number of methoxy groups -OCH3 is 1. The Morgan fingerprint density at radius 2 is 1.87 bits per heavy atom. The van der Waals surface area contributed by atoms with Crippen molar-refractivity contribution >= 4 is 10.0 Å². The van der Waals surface area contributed by atoms with Crippen molar-refractivity contribution in [1.29, 1.82) is 0 Å². The Morgan fingerprint density at radius 3 is 2.48 bits per heavy atom. The standard InChI is InChI=1S/C20H18F3N3O4S/c1-3-11-26(31(27,28)17-6-4-5-15(12-17)20(21,22)23)13-18-24-25-19(30-18)14-7-9-16(29-2)10-8-14/h3-10,12H,1,11,13H2,2H3. The van der Waals surface area contributed by atoms with E-state index in [0.29, 0.717) is 17.4 Å². The molecule has 1 aromatic heterocycles. The summed E-state index contributed by atoms with van der Waals surface area (Å²) in [6, 6.07) is 10.3. The molecule has 0 fully saturated rings. The minimum absolute atomic E-state index is 0.0248. The number of hydrogen-bond acceptors (Lipinski definition) is 6. The Morgan fingerprint density at radius 1 is 1.16 bits per heavy atom. The first kappa shape index (κ1) is 22.5. The van der Waals surface area contributed by atoms with E-state index < -0.39 is 26.7 Å². The van der Waals surface area contributed by atoms with Crippen LogP contribution >= 0.6 is 0 Å². The van der Waals surface area contributed by atoms with Crippen molar-refractivity contribution in [2.45, 2.75) is 17.6 Å². The van der Waals surface area contributed by atoms with Crippen LogP contribution in [-0.2, 0) is 22.7 Å². The molecule has 2 aromatic carbocycles. The minimum atomic E-state index is -4.67. The fourth-order valence-electron chi connectivity index (χ4n) is 2.69. The van der Waals surface area contributed by atoms with Gasteiger partial charge in [-0.3, -0.25) is 0 Å². The Bertz CT molecular complexity index is 1160. The number of halogens is 3. The zero-order valence-electron chi connectivity index (χ0n) is 16.3. The molecule has 7 nitrogen and oxygen atoms in total. The molecule has 0 bridgehead atoms. The number of alkyl halides is 3. The van der Waals surface area contributed by atoms with E-state index in [1.54, 1.807) is 24.3 Å². The predicted molar refractivity (Wildman–Crippen MR) is 106 cm³/mol. The van der Waals surface area contributed by atoms with E-state index in [1.165, 1.54) is 13.2 Å². The number of hydrogen-bond donors (Lipinski definition) is 0. The van der Waals surface area contributed by atoms with Gasteiger partial charge in [0, 0.05) is 12.1 Å². The highest BCUT2D eigenvalue weighted by Gasteiger charge is 2.33. The van der Waals surface area contributed by atoms with Gasteiger partial charge in [0.2, 0.25) is 21.8 Å². The third-order valence-corrected chi connectivity index (χ3v) is 6.05. The Kier molecular flexibility index (Phi) is 6.46. The van der Waals surface area contributed by atoms with Gasteiger partial charge in [-0.25, -0.2) is 8.42 Å². The highest BCUT2D eigenvalue weighted by molar-refractivity contribution is 7.89. The number of aromatic nitrogens is 2. The summed E-state index contributed by atoms with van der Waals surface area (Å²) in [6.45, 7) is 3.00. The lowest BCUT2D eigenvalue weighted by atomic mass is 10.2. The molecule has 0 aliphatic carbocycles. The molecule has 0 unspecified atom stereocenters. The molecular formula is C20H18F3N3O4S. The summed E-state index contributed by atoms with van der Waals surface area (Å²) in [5, 5.41) is 7.76. The van der Waals surface area contributed by atoms with Crippen molar-refractivity contribution in [3.63, 3.8) is 0 Å². The molecular weight excluding hydrogens is 435 g/mol. The van der Waals surface area contributed by atoms with Gasteiger partial charge in [-0.2, -0.15) is 17.5 Å². The van der Waals surface area contributed by atoms with E-state index in [0.717, 1.165) is 22.5 Å². The zero-order chi connectivity index (χ0) is 22.6. The summed E-state index contributed by atoms with van der Waals surface area (Å²) in [4.78, 5) is -0.501. The van der Waals surface area contributed by atoms with E-state index in [4.69, 9.17) is 9.15 Å². The van der Waals surface area contributed by atoms with E-state index >= 15 is 0 Å². The minimum Gasteiger partial charge on any atom is -0.497 e. The van der Waals surface area contributed by atoms with E-state index in [2.05, 4.69) is 16.8 Å². The van der Waals surface area contributed by atoms with E-state index in [9.17, 15) is 21.6 Å². The highest BCUT2D eigenvalue weighted by Crippen LogP contribution is 2.31. The Labute approximate surface area is 176 Å². The fourth-order valence-corrected chi connectivity index (χ4v) is 4.10. The molecule has 0 saturated carbocycles. The summed E-state index contributed by atoms with van der Waals surface area (Å²) in [6.07, 6.45) is -3.36. The summed E-state index contributed by atoms with van der Waals surface area (Å²) in [7, 11) is -2.76. The second-order valence-electron chi connectivity index (χ2n) is 6.34. The first-order valence-corrected chi connectivity index (χ1v) is 10.3. The lowest BCUT2D eigenvalue weighted by Gasteiger charge is -2.19. The van der Waals surface area contributed by atoms with Crippen LogP contribution in [0.15, 0.2) is 70.5 Å². The lowest BCUT2D eigenvalue weighted by molar-refractivity contribution is -0.137. The summed E-state index contributed by atoms with van der Waals surface area (Å²) >= 11 is 0. The van der Waals surface area contributed by atoms with Gasteiger partial charge in [-0.1, -0.05) is 12.1 Å². The number of benzene rings is 2. The van der Waals surface area contributed by atoms with Gasteiger partial charge in [0.1, 0.15) is 5.75 Å². The molecule has 0 aliphatic rings. The van der Waals surface area contributed by atoms with E-state index in [1.807, 2.05) is 0 Å². The van der Waals surface area contributed by atoms with Crippen molar-refractivity contribution in [3.05, 3.63) is 72.6 Å². The molecule has 3 rings (SSSR count). The number of ether oxygens (including phenoxy) is 1. The van der Waals surface area contributed by atoms with Crippen LogP contribution < -0.4 is 4.74 Å². The molecule has 0 amide bonds. The molecule has 0 spiro atoms. The molecule has 0 N–H and O–H groups in total. The first-order chi connectivity index (χ1) is 14.6. The van der Waals surface area contributed by atoms with Gasteiger partial charge >= 0.3 is 6.18 Å². The number of sulfonamides is 1. The normalized spacial score (nSPS) is 12.2. The lowest BCUT2D eigenvalue weighted by Crippen LogP contribution is -2.31. The second kappa shape index (κ2) is 8.90. The molecule has 3 aromatic rings. The summed E-state index contributed by atoms with van der Waals surface area (Å²) < 4.78 is 76.4. The smallest absolute Gasteiger partial charge is 0.416 e. The number of rotatable bonds is 8. The summed E-state index contributed by atoms with van der Waals surface area (Å²) in [5.74, 6) is 0.767. The van der Waals surface area contributed by atoms with Crippen LogP contribution in [0.3, 0.4) is 0 Å². The average Bonchev–Trinajstić information content (AvgIpc) is 3.21. The quantitative estimate of drug-likeness (QED) is 0.477. The van der Waals surface area contributed by atoms with Crippen LogP contribution in [0, 0.1) is 0 Å². The third-order valence-electron chi connectivity index (χ3n) is 4.25. The first-order valence-electron chi connectivity index (χ1n) is 8.90. The van der Waals surface area contributed by atoms with Crippen molar-refractivity contribution in [2.24, 2.45) is 0 Å². The van der Waals surface area contributed by atoms with Gasteiger partial charge in [0.15, 0.2) is 0 Å². The second-order valence-corrected chi connectivity index (χ2v) is 8.28. The van der Waals surface area contributed by atoms with Gasteiger partial charge in [0.05, 0.1) is 24.1 Å². The van der Waals surface area contributed by atoms with Gasteiger partial charge in [-0.15, -0.1) is 16.8 Å². The van der Waals surface area contributed by atoms with Crippen molar-refractivity contribution < 1.29 is 30.7 Å². The molecule has 0 saturated heterocycles. The molecule has 11 heteroatoms. The van der Waals surface area contributed by atoms with Crippen LogP contribution in [0.25, 0.3) is 11.5 Å². The molecule has 164 valence electrons. The SMILES string of the molecule is C=CCN(Cc1nnc(-c2ccc(OC)cc2)o1)S(=O)(=O)c1cccc(C(F)(F)F)c1. The highest BCUT2D eigenvalue weighted by atomic mass is 32.2. The van der Waals surface area contributed by atoms with Gasteiger partial charge < -0.3 is 9.15 Å². The van der Waals surface area contributed by atoms with Gasteiger partial charge in [0.25, 0.3) is 0 Å². The van der Waals surface area contributed by atoms with Crippen LogP contribution in [0.1, 0.15) is 11.5 Å². The van der Waals surface area contributed by atoms with E-state index in [-0.39, 0.29) is 24.9 Å². The molecule has 0 aliphatic heterocycles. The topological polar surface area (TPSA) is 85.5 Å². The van der Waals surface area contributed by atoms with Crippen LogP contribution in [0.5, 0.6) is 5.75 Å².